The molecule has 3 rings (SSSR count). The number of carbonyl (C=O) groups is 2. The maximum atomic E-state index is 12.2. The predicted octanol–water partition coefficient (Wildman–Crippen LogP) is 4.08. The van der Waals surface area contributed by atoms with Gasteiger partial charge in [0.1, 0.15) is 17.2 Å². The molecular formula is C24H22N2O5. The first-order valence-corrected chi connectivity index (χ1v) is 9.61. The van der Waals surface area contributed by atoms with E-state index in [1.807, 2.05) is 6.92 Å². The summed E-state index contributed by atoms with van der Waals surface area (Å²) in [5.41, 5.74) is 4.09. The highest BCUT2D eigenvalue weighted by Crippen LogP contribution is 2.16. The van der Waals surface area contributed by atoms with Gasteiger partial charge in [-0.05, 0) is 85.3 Å². The SMILES string of the molecule is CCOc1ccc(C(=O)Oc2ccc(/C=N/NC(=O)c3ccc(OC)cc3)cc2)cc1. The first-order valence-electron chi connectivity index (χ1n) is 9.61. The van der Waals surface area contributed by atoms with Gasteiger partial charge in [0.2, 0.25) is 0 Å². The van der Waals surface area contributed by atoms with Gasteiger partial charge in [-0.25, -0.2) is 10.2 Å². The van der Waals surface area contributed by atoms with Gasteiger partial charge >= 0.3 is 5.97 Å². The molecule has 0 saturated carbocycles. The molecule has 1 N–H and O–H groups in total. The molecule has 3 aromatic carbocycles. The molecule has 1 amide bonds. The largest absolute Gasteiger partial charge is 0.497 e. The summed E-state index contributed by atoms with van der Waals surface area (Å²) in [7, 11) is 1.56. The van der Waals surface area contributed by atoms with Crippen LogP contribution in [0.3, 0.4) is 0 Å². The maximum Gasteiger partial charge on any atom is 0.343 e. The van der Waals surface area contributed by atoms with Crippen LogP contribution in [0.4, 0.5) is 0 Å². The van der Waals surface area contributed by atoms with Gasteiger partial charge in [-0.2, -0.15) is 5.10 Å². The lowest BCUT2D eigenvalue weighted by Gasteiger charge is -2.06. The number of nitrogens with one attached hydrogen (secondary N) is 1. The van der Waals surface area contributed by atoms with Crippen molar-refractivity contribution < 1.29 is 23.8 Å². The lowest BCUT2D eigenvalue weighted by atomic mass is 10.2. The topological polar surface area (TPSA) is 86.2 Å². The van der Waals surface area contributed by atoms with Crippen molar-refractivity contribution >= 4 is 18.1 Å². The third-order valence-corrected chi connectivity index (χ3v) is 4.22. The van der Waals surface area contributed by atoms with E-state index in [1.165, 1.54) is 6.21 Å². The summed E-state index contributed by atoms with van der Waals surface area (Å²) in [5, 5.41) is 3.95. The summed E-state index contributed by atoms with van der Waals surface area (Å²) in [6.45, 7) is 2.45. The molecule has 0 heterocycles. The summed E-state index contributed by atoms with van der Waals surface area (Å²) >= 11 is 0. The Kier molecular flexibility index (Phi) is 7.37. The lowest BCUT2D eigenvalue weighted by molar-refractivity contribution is 0.0734. The number of ether oxygens (including phenoxy) is 3. The minimum Gasteiger partial charge on any atom is -0.497 e. The third-order valence-electron chi connectivity index (χ3n) is 4.22. The highest BCUT2D eigenvalue weighted by molar-refractivity contribution is 5.95. The van der Waals surface area contributed by atoms with Gasteiger partial charge in [-0.3, -0.25) is 4.79 Å². The molecule has 0 aromatic heterocycles. The number of hydrogen-bond donors (Lipinski definition) is 1. The second-order valence-electron chi connectivity index (χ2n) is 6.34. The Morgan fingerprint density at radius 1 is 0.839 bits per heavy atom. The van der Waals surface area contributed by atoms with Crippen molar-refractivity contribution in [1.29, 1.82) is 0 Å². The molecule has 3 aromatic rings. The van der Waals surface area contributed by atoms with Crippen LogP contribution in [-0.4, -0.2) is 31.8 Å². The second kappa shape index (κ2) is 10.6. The van der Waals surface area contributed by atoms with Crippen LogP contribution in [0, 0.1) is 0 Å². The van der Waals surface area contributed by atoms with Crippen molar-refractivity contribution in [2.24, 2.45) is 5.10 Å². The van der Waals surface area contributed by atoms with Crippen molar-refractivity contribution in [2.75, 3.05) is 13.7 Å². The van der Waals surface area contributed by atoms with Crippen molar-refractivity contribution in [2.45, 2.75) is 6.92 Å². The summed E-state index contributed by atoms with van der Waals surface area (Å²) in [6.07, 6.45) is 1.50. The van der Waals surface area contributed by atoms with E-state index in [0.29, 0.717) is 35.0 Å². The Balaban J connectivity index is 1.53. The molecule has 0 aliphatic rings. The predicted molar refractivity (Wildman–Crippen MR) is 117 cm³/mol. The molecular weight excluding hydrogens is 396 g/mol. The number of amides is 1. The molecule has 0 saturated heterocycles. The molecule has 0 spiro atoms. The Labute approximate surface area is 180 Å². The number of hydrazone groups is 1. The standard InChI is InChI=1S/C24H22N2O5/c1-3-30-21-14-8-19(9-15-21)24(28)31-22-10-4-17(5-11-22)16-25-26-23(27)18-6-12-20(29-2)13-7-18/h4-16H,3H2,1-2H3,(H,26,27)/b25-16+. The van der Waals surface area contributed by atoms with Gasteiger partial charge in [0.25, 0.3) is 5.91 Å². The number of nitrogens with zero attached hydrogens (tertiary/aromatic N) is 1. The van der Waals surface area contributed by atoms with E-state index < -0.39 is 5.97 Å². The molecule has 7 heteroatoms. The van der Waals surface area contributed by atoms with E-state index in [-0.39, 0.29) is 5.91 Å². The third kappa shape index (κ3) is 6.17. The zero-order valence-electron chi connectivity index (χ0n) is 17.2. The zero-order valence-corrected chi connectivity index (χ0v) is 17.2. The minimum absolute atomic E-state index is 0.334. The van der Waals surface area contributed by atoms with Crippen molar-refractivity contribution in [3.05, 3.63) is 89.5 Å². The molecule has 7 nitrogen and oxygen atoms in total. The fourth-order valence-electron chi connectivity index (χ4n) is 2.61. The van der Waals surface area contributed by atoms with Gasteiger partial charge < -0.3 is 14.2 Å². The molecule has 31 heavy (non-hydrogen) atoms. The van der Waals surface area contributed by atoms with Gasteiger partial charge in [-0.15, -0.1) is 0 Å². The van der Waals surface area contributed by atoms with Crippen LogP contribution in [0.25, 0.3) is 0 Å². The summed E-state index contributed by atoms with van der Waals surface area (Å²) in [6, 6.07) is 20.2. The highest BCUT2D eigenvalue weighted by Gasteiger charge is 2.09. The van der Waals surface area contributed by atoms with Crippen molar-refractivity contribution in [3.63, 3.8) is 0 Å². The first kappa shape index (κ1) is 21.6. The Morgan fingerprint density at radius 3 is 2.03 bits per heavy atom. The number of esters is 1. The molecule has 0 aliphatic heterocycles. The van der Waals surface area contributed by atoms with Gasteiger partial charge in [-0.1, -0.05) is 0 Å². The van der Waals surface area contributed by atoms with Crippen LogP contribution in [0.2, 0.25) is 0 Å². The number of benzene rings is 3. The van der Waals surface area contributed by atoms with Gasteiger partial charge in [0.15, 0.2) is 0 Å². The molecule has 0 bridgehead atoms. The van der Waals surface area contributed by atoms with E-state index in [9.17, 15) is 9.59 Å². The van der Waals surface area contributed by atoms with E-state index >= 15 is 0 Å². The molecule has 0 fully saturated rings. The average molecular weight is 418 g/mol. The van der Waals surface area contributed by atoms with Crippen LogP contribution >= 0.6 is 0 Å². The van der Waals surface area contributed by atoms with Crippen LogP contribution in [0.5, 0.6) is 17.2 Å². The molecule has 0 aliphatic carbocycles. The van der Waals surface area contributed by atoms with E-state index in [0.717, 1.165) is 5.56 Å². The van der Waals surface area contributed by atoms with Gasteiger partial charge in [0.05, 0.1) is 25.5 Å². The smallest absolute Gasteiger partial charge is 0.343 e. The summed E-state index contributed by atoms with van der Waals surface area (Å²) in [5.74, 6) is 0.972. The summed E-state index contributed by atoms with van der Waals surface area (Å²) < 4.78 is 15.8. The lowest BCUT2D eigenvalue weighted by Crippen LogP contribution is -2.17. The van der Waals surface area contributed by atoms with E-state index in [4.69, 9.17) is 14.2 Å². The molecule has 0 atom stereocenters. The Hall–Kier alpha value is -4.13. The fraction of sp³-hybridized carbons (Fsp3) is 0.125. The zero-order chi connectivity index (χ0) is 22.1. The number of rotatable bonds is 8. The fourth-order valence-corrected chi connectivity index (χ4v) is 2.61. The van der Waals surface area contributed by atoms with E-state index in [1.54, 1.807) is 79.9 Å². The average Bonchev–Trinajstić information content (AvgIpc) is 2.81. The molecule has 158 valence electrons. The van der Waals surface area contributed by atoms with Crippen LogP contribution in [-0.2, 0) is 0 Å². The Bertz CT molecular complexity index is 1040. The summed E-state index contributed by atoms with van der Waals surface area (Å²) in [4.78, 5) is 24.3. The maximum absolute atomic E-state index is 12.2. The van der Waals surface area contributed by atoms with Crippen molar-refractivity contribution in [1.82, 2.24) is 5.43 Å². The monoisotopic (exact) mass is 418 g/mol. The Morgan fingerprint density at radius 2 is 1.42 bits per heavy atom. The number of methoxy groups -OCH3 is 1. The van der Waals surface area contributed by atoms with E-state index in [2.05, 4.69) is 10.5 Å². The molecule has 0 unspecified atom stereocenters. The second-order valence-corrected chi connectivity index (χ2v) is 6.34. The first-order chi connectivity index (χ1) is 15.1. The number of hydrogen-bond acceptors (Lipinski definition) is 6. The highest BCUT2D eigenvalue weighted by atomic mass is 16.5. The quantitative estimate of drug-likeness (QED) is 0.258. The van der Waals surface area contributed by atoms with Gasteiger partial charge in [0, 0.05) is 5.56 Å². The molecule has 0 radical (unpaired) electrons. The minimum atomic E-state index is -0.462. The normalized spacial score (nSPS) is 10.5. The van der Waals surface area contributed by atoms with Crippen LogP contribution in [0.1, 0.15) is 33.2 Å². The number of carbonyl (C=O) groups excluding carboxylic acids is 2. The van der Waals surface area contributed by atoms with Crippen molar-refractivity contribution in [3.8, 4) is 17.2 Å². The van der Waals surface area contributed by atoms with Crippen LogP contribution < -0.4 is 19.6 Å². The van der Waals surface area contributed by atoms with Crippen LogP contribution in [0.15, 0.2) is 77.9 Å².